The number of aromatic nitrogens is 2. The topological polar surface area (TPSA) is 20.7 Å². The van der Waals surface area contributed by atoms with E-state index in [1.807, 2.05) is 0 Å². The molecule has 7 heteroatoms. The molecule has 0 spiro atoms. The van der Waals surface area contributed by atoms with Gasteiger partial charge in [-0.2, -0.15) is 0 Å². The summed E-state index contributed by atoms with van der Waals surface area (Å²) in [7, 11) is 0. The van der Waals surface area contributed by atoms with Crippen molar-refractivity contribution in [3.8, 4) is 5.69 Å². The van der Waals surface area contributed by atoms with Gasteiger partial charge in [-0.05, 0) is 30.4 Å². The number of aromatic amines is 1. The van der Waals surface area contributed by atoms with Gasteiger partial charge in [-0.3, -0.25) is 4.57 Å². The first kappa shape index (κ1) is 13.2. The summed E-state index contributed by atoms with van der Waals surface area (Å²) >= 11 is 10.8. The number of H-pyrrole nitrogens is 1. The first-order chi connectivity index (χ1) is 9.45. The Labute approximate surface area is 121 Å². The lowest BCUT2D eigenvalue weighted by atomic mass is 10.2. The van der Waals surface area contributed by atoms with Crippen molar-refractivity contribution in [1.82, 2.24) is 9.55 Å². The molecule has 0 saturated heterocycles. The molecule has 0 aliphatic rings. The molecule has 0 fully saturated rings. The monoisotopic (exact) mass is 314 g/mol. The fourth-order valence-electron chi connectivity index (χ4n) is 2.03. The lowest BCUT2D eigenvalue weighted by Crippen LogP contribution is -1.96. The van der Waals surface area contributed by atoms with Gasteiger partial charge in [0.15, 0.2) is 4.77 Å². The van der Waals surface area contributed by atoms with Crippen molar-refractivity contribution in [2.24, 2.45) is 0 Å². The van der Waals surface area contributed by atoms with E-state index in [2.05, 4.69) is 4.98 Å². The maximum atomic E-state index is 13.4. The van der Waals surface area contributed by atoms with E-state index in [1.165, 1.54) is 16.7 Å². The minimum absolute atomic E-state index is 0.0999. The van der Waals surface area contributed by atoms with E-state index in [0.717, 1.165) is 18.2 Å². The highest BCUT2D eigenvalue weighted by Gasteiger charge is 2.12. The molecule has 0 unspecified atom stereocenters. The molecule has 0 atom stereocenters. The third-order valence-electron chi connectivity index (χ3n) is 2.83. The van der Waals surface area contributed by atoms with Crippen LogP contribution in [0, 0.1) is 22.2 Å². The van der Waals surface area contributed by atoms with Gasteiger partial charge in [0, 0.05) is 12.1 Å². The number of nitrogens with zero attached hydrogens (tertiary/aromatic N) is 1. The van der Waals surface area contributed by atoms with Crippen LogP contribution in [0.5, 0.6) is 0 Å². The smallest absolute Gasteiger partial charge is 0.182 e. The van der Waals surface area contributed by atoms with Crippen LogP contribution in [0.15, 0.2) is 30.3 Å². The molecule has 0 bridgehead atoms. The van der Waals surface area contributed by atoms with E-state index in [4.69, 9.17) is 23.8 Å². The van der Waals surface area contributed by atoms with Crippen molar-refractivity contribution in [2.75, 3.05) is 0 Å². The van der Waals surface area contributed by atoms with Crippen molar-refractivity contribution in [2.45, 2.75) is 0 Å². The van der Waals surface area contributed by atoms with Crippen LogP contribution in [0.2, 0.25) is 5.02 Å². The number of nitrogens with one attached hydrogen (secondary N) is 1. The zero-order valence-corrected chi connectivity index (χ0v) is 11.3. The second-order valence-electron chi connectivity index (χ2n) is 4.18. The number of hydrogen-bond acceptors (Lipinski definition) is 1. The molecule has 0 radical (unpaired) electrons. The molecule has 0 amide bonds. The van der Waals surface area contributed by atoms with Gasteiger partial charge in [0.1, 0.15) is 17.5 Å². The summed E-state index contributed by atoms with van der Waals surface area (Å²) in [6.07, 6.45) is 0. The highest BCUT2D eigenvalue weighted by Crippen LogP contribution is 2.26. The summed E-state index contributed by atoms with van der Waals surface area (Å²) in [5.41, 5.74) is 1.02. The maximum Gasteiger partial charge on any atom is 0.182 e. The zero-order valence-electron chi connectivity index (χ0n) is 9.75. The summed E-state index contributed by atoms with van der Waals surface area (Å²) in [6, 6.07) is 5.54. The number of hydrogen-bond donors (Lipinski definition) is 1. The minimum atomic E-state index is -0.732. The van der Waals surface area contributed by atoms with Crippen LogP contribution in [0.25, 0.3) is 16.7 Å². The van der Waals surface area contributed by atoms with Crippen molar-refractivity contribution in [3.63, 3.8) is 0 Å². The van der Waals surface area contributed by atoms with Gasteiger partial charge in [-0.15, -0.1) is 0 Å². The molecule has 2 nitrogen and oxygen atoms in total. The van der Waals surface area contributed by atoms with Crippen LogP contribution in [-0.2, 0) is 0 Å². The molecule has 2 aromatic carbocycles. The minimum Gasteiger partial charge on any atom is -0.330 e. The summed E-state index contributed by atoms with van der Waals surface area (Å²) < 4.78 is 41.6. The van der Waals surface area contributed by atoms with Crippen molar-refractivity contribution in [3.05, 3.63) is 57.6 Å². The molecule has 20 heavy (non-hydrogen) atoms. The lowest BCUT2D eigenvalue weighted by molar-refractivity contribution is 0.581. The first-order valence-corrected chi connectivity index (χ1v) is 6.30. The van der Waals surface area contributed by atoms with Gasteiger partial charge in [-0.25, -0.2) is 13.2 Å². The largest absolute Gasteiger partial charge is 0.330 e. The summed E-state index contributed by atoms with van der Waals surface area (Å²) in [4.78, 5) is 2.77. The predicted molar refractivity (Wildman–Crippen MR) is 73.3 cm³/mol. The molecule has 3 aromatic rings. The fraction of sp³-hybridized carbons (Fsp3) is 0. The number of benzene rings is 2. The Morgan fingerprint density at radius 2 is 1.65 bits per heavy atom. The predicted octanol–water partition coefficient (Wildman–Crippen LogP) is 4.76. The van der Waals surface area contributed by atoms with Gasteiger partial charge in [0.05, 0.1) is 21.7 Å². The zero-order chi connectivity index (χ0) is 14.4. The lowest BCUT2D eigenvalue weighted by Gasteiger charge is -2.05. The molecular formula is C13H6ClF3N2S. The Morgan fingerprint density at radius 3 is 2.30 bits per heavy atom. The number of imidazole rings is 1. The molecular weight excluding hydrogens is 309 g/mol. The summed E-state index contributed by atoms with van der Waals surface area (Å²) in [6.45, 7) is 0. The molecule has 0 saturated carbocycles. The van der Waals surface area contributed by atoms with Gasteiger partial charge in [-0.1, -0.05) is 11.6 Å². The van der Waals surface area contributed by atoms with Crippen LogP contribution in [-0.4, -0.2) is 9.55 Å². The third kappa shape index (κ3) is 2.10. The van der Waals surface area contributed by atoms with Crippen molar-refractivity contribution >= 4 is 34.9 Å². The van der Waals surface area contributed by atoms with Crippen molar-refractivity contribution in [1.29, 1.82) is 0 Å². The Morgan fingerprint density at radius 1 is 1.00 bits per heavy atom. The second kappa shape index (κ2) is 4.64. The number of rotatable bonds is 1. The van der Waals surface area contributed by atoms with Gasteiger partial charge < -0.3 is 4.98 Å². The Bertz CT molecular complexity index is 865. The van der Waals surface area contributed by atoms with E-state index in [1.54, 1.807) is 0 Å². The molecule has 3 rings (SSSR count). The second-order valence-corrected chi connectivity index (χ2v) is 4.97. The Kier molecular flexibility index (Phi) is 3.07. The quantitative estimate of drug-likeness (QED) is 0.642. The molecule has 0 aliphatic carbocycles. The SMILES string of the molecule is Fc1cc(F)cc(-n2c(=S)[nH]c3cc(F)c(Cl)cc32)c1. The number of fused-ring (bicyclic) bond motifs is 1. The average Bonchev–Trinajstić information content (AvgIpc) is 2.64. The van der Waals surface area contributed by atoms with E-state index in [0.29, 0.717) is 11.0 Å². The molecule has 1 aromatic heterocycles. The first-order valence-electron chi connectivity index (χ1n) is 5.52. The van der Waals surface area contributed by atoms with Crippen molar-refractivity contribution < 1.29 is 13.2 Å². The van der Waals surface area contributed by atoms with Crippen LogP contribution in [0.3, 0.4) is 0 Å². The van der Waals surface area contributed by atoms with Gasteiger partial charge in [0.2, 0.25) is 0 Å². The molecule has 0 aliphatic heterocycles. The summed E-state index contributed by atoms with van der Waals surface area (Å²) in [5.74, 6) is -2.07. The standard InChI is InChI=1S/C13H6ClF3N2S/c14-9-4-12-11(5-10(9)17)18-13(20)19(12)8-2-6(15)1-7(16)3-8/h1-5H,(H,18,20). The normalized spacial score (nSPS) is 11.2. The van der Waals surface area contributed by atoms with E-state index in [9.17, 15) is 13.2 Å². The molecule has 102 valence electrons. The molecule has 1 heterocycles. The van der Waals surface area contributed by atoms with Gasteiger partial charge in [0.25, 0.3) is 0 Å². The van der Waals surface area contributed by atoms with Crippen LogP contribution in [0.4, 0.5) is 13.2 Å². The Hall–Kier alpha value is -1.79. The highest BCUT2D eigenvalue weighted by molar-refractivity contribution is 7.71. The van der Waals surface area contributed by atoms with E-state index >= 15 is 0 Å². The van der Waals surface area contributed by atoms with Crippen LogP contribution in [0.1, 0.15) is 0 Å². The Balaban J connectivity index is 2.38. The third-order valence-corrected chi connectivity index (χ3v) is 3.40. The average molecular weight is 315 g/mol. The maximum absolute atomic E-state index is 13.4. The van der Waals surface area contributed by atoms with E-state index in [-0.39, 0.29) is 15.5 Å². The summed E-state index contributed by atoms with van der Waals surface area (Å²) in [5, 5.41) is -0.0999. The molecule has 1 N–H and O–H groups in total. The van der Waals surface area contributed by atoms with Crippen LogP contribution < -0.4 is 0 Å². The van der Waals surface area contributed by atoms with Gasteiger partial charge >= 0.3 is 0 Å². The van der Waals surface area contributed by atoms with Crippen LogP contribution >= 0.6 is 23.8 Å². The number of halogens is 4. The van der Waals surface area contributed by atoms with E-state index < -0.39 is 17.5 Å². The fourth-order valence-corrected chi connectivity index (χ4v) is 2.50. The highest BCUT2D eigenvalue weighted by atomic mass is 35.5.